The minimum absolute atomic E-state index is 0.386. The molecule has 0 radical (unpaired) electrons. The van der Waals surface area contributed by atoms with E-state index in [1.165, 1.54) is 0 Å². The van der Waals surface area contributed by atoms with Gasteiger partial charge in [0, 0.05) is 65.3 Å². The maximum atomic E-state index is 12.0. The van der Waals surface area contributed by atoms with E-state index in [4.69, 9.17) is 33.2 Å². The van der Waals surface area contributed by atoms with Crippen molar-refractivity contribution < 1.29 is 43.6 Å². The number of piperidine rings is 2. The van der Waals surface area contributed by atoms with Crippen LogP contribution in [-0.2, 0) is 33.2 Å². The van der Waals surface area contributed by atoms with E-state index in [1.54, 1.807) is 10.1 Å². The molecule has 0 aromatic carbocycles. The highest BCUT2D eigenvalue weighted by Crippen LogP contribution is 2.57. The summed E-state index contributed by atoms with van der Waals surface area (Å²) >= 11 is 0. The Balaban J connectivity index is 1.09. The van der Waals surface area contributed by atoms with Crippen molar-refractivity contribution in [2.75, 3.05) is 66.1 Å². The number of rotatable bonds is 5. The van der Waals surface area contributed by atoms with Gasteiger partial charge in [0.1, 0.15) is 0 Å². The van der Waals surface area contributed by atoms with Gasteiger partial charge in [-0.3, -0.25) is 0 Å². The summed E-state index contributed by atoms with van der Waals surface area (Å²) in [4.78, 5) is 0. The Kier molecular flexibility index (Phi) is 9.16. The van der Waals surface area contributed by atoms with Crippen LogP contribution in [0.1, 0.15) is 110 Å². The molecule has 7 aliphatic rings. The maximum absolute atomic E-state index is 12.0. The molecule has 7 heterocycles. The zero-order chi connectivity index (χ0) is 31.3. The Bertz CT molecular complexity index is 977. The van der Waals surface area contributed by atoms with E-state index in [1.807, 2.05) is 0 Å². The van der Waals surface area contributed by atoms with E-state index in [9.17, 15) is 10.4 Å². The van der Waals surface area contributed by atoms with Crippen LogP contribution in [0.25, 0.3) is 0 Å². The number of nitrogens with zero attached hydrogens (tertiary/aromatic N) is 2. The predicted molar refractivity (Wildman–Crippen MR) is 163 cm³/mol. The third kappa shape index (κ3) is 5.73. The summed E-state index contributed by atoms with van der Waals surface area (Å²) in [7, 11) is 0. The van der Waals surface area contributed by atoms with Crippen molar-refractivity contribution in [2.45, 2.75) is 144 Å². The molecule has 7 fully saturated rings. The van der Waals surface area contributed by atoms with Gasteiger partial charge in [-0.15, -0.1) is 0 Å². The molecule has 1 unspecified atom stereocenters. The second kappa shape index (κ2) is 12.5. The van der Waals surface area contributed by atoms with Gasteiger partial charge in [0.25, 0.3) is 0 Å². The number of hydrogen-bond donors (Lipinski definition) is 2. The maximum Gasteiger partial charge on any atom is 0.172 e. The SMILES string of the molecule is CCCCC1(CCC)CC2(CC3(CCOCC3)N1O)OCC1(CO2)COC2(CC3(CCOCC3)N(O)C3(CCOCC3)C2)OC1. The number of hydrogen-bond acceptors (Lipinski definition) is 11. The Morgan fingerprint density at radius 1 is 0.511 bits per heavy atom. The van der Waals surface area contributed by atoms with Crippen molar-refractivity contribution in [3.63, 3.8) is 0 Å². The molecule has 258 valence electrons. The highest BCUT2D eigenvalue weighted by Gasteiger charge is 2.66. The molecule has 7 saturated heterocycles. The smallest absolute Gasteiger partial charge is 0.172 e. The molecule has 0 saturated carbocycles. The second-order valence-corrected chi connectivity index (χ2v) is 15.9. The van der Waals surface area contributed by atoms with E-state index in [0.717, 1.165) is 70.6 Å². The molecule has 11 nitrogen and oxygen atoms in total. The van der Waals surface area contributed by atoms with Crippen LogP contribution >= 0.6 is 0 Å². The van der Waals surface area contributed by atoms with Crippen LogP contribution in [0.5, 0.6) is 0 Å². The fourth-order valence-electron chi connectivity index (χ4n) is 10.2. The molecular formula is C34H58N2O9. The first-order valence-corrected chi connectivity index (χ1v) is 18.0. The topological polar surface area (TPSA) is 112 Å². The third-order valence-electron chi connectivity index (χ3n) is 12.7. The predicted octanol–water partition coefficient (Wildman–Crippen LogP) is 4.81. The average Bonchev–Trinajstić information content (AvgIpc) is 3.06. The quantitative estimate of drug-likeness (QED) is 0.433. The van der Waals surface area contributed by atoms with Crippen molar-refractivity contribution in [3.05, 3.63) is 0 Å². The molecule has 11 heteroatoms. The summed E-state index contributed by atoms with van der Waals surface area (Å²) in [6.07, 6.45) is 12.1. The summed E-state index contributed by atoms with van der Waals surface area (Å²) in [5.41, 5.74) is -2.06. The molecule has 0 aromatic heterocycles. The monoisotopic (exact) mass is 638 g/mol. The van der Waals surface area contributed by atoms with E-state index in [-0.39, 0.29) is 5.54 Å². The van der Waals surface area contributed by atoms with Crippen LogP contribution in [0.4, 0.5) is 0 Å². The lowest BCUT2D eigenvalue weighted by Gasteiger charge is -2.64. The lowest BCUT2D eigenvalue weighted by Crippen LogP contribution is -2.74. The van der Waals surface area contributed by atoms with Gasteiger partial charge < -0.3 is 43.6 Å². The summed E-state index contributed by atoms with van der Waals surface area (Å²) < 4.78 is 44.9. The highest BCUT2D eigenvalue weighted by atomic mass is 16.7. The number of ether oxygens (including phenoxy) is 7. The van der Waals surface area contributed by atoms with Gasteiger partial charge >= 0.3 is 0 Å². The molecule has 1 atom stereocenters. The van der Waals surface area contributed by atoms with Crippen molar-refractivity contribution >= 4 is 0 Å². The molecule has 2 N–H and O–H groups in total. The van der Waals surface area contributed by atoms with E-state index in [0.29, 0.717) is 91.8 Å². The summed E-state index contributed by atoms with van der Waals surface area (Å²) in [5.74, 6) is -1.51. The molecule has 45 heavy (non-hydrogen) atoms. The normalized spacial score (nSPS) is 41.9. The minimum Gasteiger partial charge on any atom is -0.381 e. The summed E-state index contributed by atoms with van der Waals surface area (Å²) in [5, 5.41) is 27.2. The van der Waals surface area contributed by atoms with Gasteiger partial charge in [-0.1, -0.05) is 33.1 Å². The van der Waals surface area contributed by atoms with Gasteiger partial charge in [0.05, 0.1) is 54.0 Å². The van der Waals surface area contributed by atoms with Gasteiger partial charge in [0.15, 0.2) is 11.6 Å². The second-order valence-electron chi connectivity index (χ2n) is 15.9. The summed E-state index contributed by atoms with van der Waals surface area (Å²) in [6.45, 7) is 10.2. The van der Waals surface area contributed by atoms with Gasteiger partial charge in [-0.2, -0.15) is 10.1 Å². The van der Waals surface area contributed by atoms with Crippen molar-refractivity contribution in [1.29, 1.82) is 0 Å². The van der Waals surface area contributed by atoms with Crippen LogP contribution in [-0.4, -0.2) is 120 Å². The number of hydroxylamine groups is 4. The Hall–Kier alpha value is -0.440. The van der Waals surface area contributed by atoms with E-state index >= 15 is 0 Å². The van der Waals surface area contributed by atoms with Crippen molar-refractivity contribution in [1.82, 2.24) is 10.1 Å². The Labute approximate surface area is 269 Å². The van der Waals surface area contributed by atoms with Crippen LogP contribution < -0.4 is 0 Å². The Morgan fingerprint density at radius 2 is 0.911 bits per heavy atom. The van der Waals surface area contributed by atoms with Crippen LogP contribution in [0.15, 0.2) is 0 Å². The first kappa shape index (κ1) is 33.1. The molecule has 0 aromatic rings. The van der Waals surface area contributed by atoms with Crippen molar-refractivity contribution in [3.8, 4) is 0 Å². The van der Waals surface area contributed by atoms with E-state index in [2.05, 4.69) is 13.8 Å². The van der Waals surface area contributed by atoms with Gasteiger partial charge in [-0.05, 0) is 51.4 Å². The third-order valence-corrected chi connectivity index (χ3v) is 12.7. The molecule has 0 bridgehead atoms. The van der Waals surface area contributed by atoms with E-state index < -0.39 is 33.6 Å². The molecule has 6 spiro atoms. The zero-order valence-corrected chi connectivity index (χ0v) is 27.8. The fraction of sp³-hybridized carbons (Fsp3) is 1.00. The van der Waals surface area contributed by atoms with Crippen molar-refractivity contribution in [2.24, 2.45) is 5.41 Å². The fourth-order valence-corrected chi connectivity index (χ4v) is 10.2. The molecule has 7 rings (SSSR count). The average molecular weight is 639 g/mol. The molecular weight excluding hydrogens is 580 g/mol. The largest absolute Gasteiger partial charge is 0.381 e. The first-order valence-electron chi connectivity index (χ1n) is 18.0. The van der Waals surface area contributed by atoms with Gasteiger partial charge in [0.2, 0.25) is 0 Å². The standard InChI is InChI=1S/C34H58N2O9/c1-3-5-7-29(6-4-2)20-33(21-30(35(29)37)8-14-39-15-9-30)42-24-28(25-43-33)26-44-34(45-27-28)22-31(10-16-40-17-11-31)36(38)32(23-34)12-18-41-19-13-32/h37-38H,3-27H2,1-2H3. The lowest BCUT2D eigenvalue weighted by molar-refractivity contribution is -0.425. The van der Waals surface area contributed by atoms with Gasteiger partial charge in [-0.25, -0.2) is 0 Å². The molecule has 0 amide bonds. The summed E-state index contributed by atoms with van der Waals surface area (Å²) in [6, 6.07) is 0. The molecule has 7 aliphatic heterocycles. The minimum atomic E-state index is -0.765. The van der Waals surface area contributed by atoms with Crippen LogP contribution in [0.3, 0.4) is 0 Å². The highest BCUT2D eigenvalue weighted by molar-refractivity contribution is 5.12. The number of unbranched alkanes of at least 4 members (excludes halogenated alkanes) is 1. The van der Waals surface area contributed by atoms with Crippen LogP contribution in [0.2, 0.25) is 0 Å². The Morgan fingerprint density at radius 3 is 1.31 bits per heavy atom. The lowest BCUT2D eigenvalue weighted by atomic mass is 9.67. The molecule has 0 aliphatic carbocycles. The zero-order valence-electron chi connectivity index (χ0n) is 27.8. The van der Waals surface area contributed by atoms with Crippen LogP contribution in [0, 0.1) is 5.41 Å². The first-order chi connectivity index (χ1) is 21.7.